The zero-order chi connectivity index (χ0) is 24.5. The van der Waals surface area contributed by atoms with Crippen LogP contribution in [0.4, 0.5) is 0 Å². The van der Waals surface area contributed by atoms with Crippen LogP contribution in [0.5, 0.6) is 0 Å². The van der Waals surface area contributed by atoms with Gasteiger partial charge in [0.05, 0.1) is 24.6 Å². The molecule has 34 heavy (non-hydrogen) atoms. The van der Waals surface area contributed by atoms with Gasteiger partial charge in [-0.15, -0.1) is 0 Å². The summed E-state index contributed by atoms with van der Waals surface area (Å²) in [6, 6.07) is 14.2. The molecule has 2 aromatic carbocycles. The Hall–Kier alpha value is -3.19. The lowest BCUT2D eigenvalue weighted by Gasteiger charge is -2.44. The Morgan fingerprint density at radius 1 is 1.21 bits per heavy atom. The van der Waals surface area contributed by atoms with E-state index in [0.717, 1.165) is 29.5 Å². The highest BCUT2D eigenvalue weighted by atomic mass is 16.3. The van der Waals surface area contributed by atoms with E-state index in [1.54, 1.807) is 18.2 Å². The van der Waals surface area contributed by atoms with Crippen LogP contribution in [-0.2, 0) is 11.2 Å². The first-order valence-electron chi connectivity index (χ1n) is 12.2. The first-order valence-corrected chi connectivity index (χ1v) is 12.2. The molecule has 0 saturated carbocycles. The third-order valence-electron chi connectivity index (χ3n) is 7.46. The lowest BCUT2D eigenvalue weighted by Crippen LogP contribution is -2.62. The van der Waals surface area contributed by atoms with Crippen LogP contribution in [0.3, 0.4) is 0 Å². The van der Waals surface area contributed by atoms with Crippen molar-refractivity contribution in [2.24, 2.45) is 0 Å². The standard InChI is InChI=1S/C27H34N4O3/c1-4-21(31-23(33)16-27(5-2,6-3)30-26(31)28)18-11-9-12-19(14-18)25(34)29-24-20-13-8-7-10-17(20)15-22(24)32/h7-14,21-22,24,32H,4-6,15-16H2,1-3H3,(H2,28,30)(H,29,34)/t21-,22-,24-/m1/s1. The molecule has 1 aliphatic carbocycles. The van der Waals surface area contributed by atoms with Crippen LogP contribution in [-0.4, -0.2) is 39.4 Å². The number of nitrogens with one attached hydrogen (secondary N) is 3. The molecule has 1 saturated heterocycles. The first kappa shape index (κ1) is 24.0. The first-order chi connectivity index (χ1) is 16.3. The molecule has 2 aromatic rings. The Labute approximate surface area is 201 Å². The van der Waals surface area contributed by atoms with Gasteiger partial charge in [-0.05, 0) is 48.1 Å². The zero-order valence-electron chi connectivity index (χ0n) is 20.1. The van der Waals surface area contributed by atoms with Crippen LogP contribution in [0, 0.1) is 5.41 Å². The Morgan fingerprint density at radius 2 is 1.94 bits per heavy atom. The van der Waals surface area contributed by atoms with Crippen LogP contribution in [0.1, 0.15) is 85.6 Å². The van der Waals surface area contributed by atoms with E-state index in [1.807, 2.05) is 51.1 Å². The summed E-state index contributed by atoms with van der Waals surface area (Å²) >= 11 is 0. The highest BCUT2D eigenvalue weighted by Gasteiger charge is 2.41. The lowest BCUT2D eigenvalue weighted by atomic mass is 9.86. The Morgan fingerprint density at radius 3 is 2.62 bits per heavy atom. The van der Waals surface area contributed by atoms with E-state index in [-0.39, 0.29) is 29.4 Å². The van der Waals surface area contributed by atoms with Crippen LogP contribution in [0.25, 0.3) is 0 Å². The van der Waals surface area contributed by atoms with Crippen molar-refractivity contribution >= 4 is 17.8 Å². The quantitative estimate of drug-likeness (QED) is 0.502. The fourth-order valence-corrected chi connectivity index (χ4v) is 5.29. The molecule has 1 fully saturated rings. The minimum Gasteiger partial charge on any atom is -0.390 e. The Balaban J connectivity index is 1.55. The van der Waals surface area contributed by atoms with E-state index < -0.39 is 12.1 Å². The van der Waals surface area contributed by atoms with E-state index in [1.165, 1.54) is 4.90 Å². The van der Waals surface area contributed by atoms with E-state index in [9.17, 15) is 14.7 Å². The van der Waals surface area contributed by atoms with Crippen LogP contribution < -0.4 is 10.6 Å². The number of benzene rings is 2. The molecule has 0 radical (unpaired) electrons. The summed E-state index contributed by atoms with van der Waals surface area (Å²) in [5.74, 6) is -0.223. The molecule has 7 nitrogen and oxygen atoms in total. The smallest absolute Gasteiger partial charge is 0.251 e. The molecule has 1 heterocycles. The molecule has 3 atom stereocenters. The van der Waals surface area contributed by atoms with E-state index in [4.69, 9.17) is 5.41 Å². The van der Waals surface area contributed by atoms with Gasteiger partial charge in [-0.2, -0.15) is 0 Å². The van der Waals surface area contributed by atoms with Crippen molar-refractivity contribution in [3.8, 4) is 0 Å². The normalized spacial score (nSPS) is 22.2. The summed E-state index contributed by atoms with van der Waals surface area (Å²) in [5.41, 5.74) is 2.89. The second-order valence-corrected chi connectivity index (χ2v) is 9.37. The highest BCUT2D eigenvalue weighted by Crippen LogP contribution is 2.34. The summed E-state index contributed by atoms with van der Waals surface area (Å²) in [6.45, 7) is 6.04. The number of guanidine groups is 1. The number of nitrogens with zero attached hydrogens (tertiary/aromatic N) is 1. The van der Waals surface area contributed by atoms with Gasteiger partial charge in [-0.3, -0.25) is 19.9 Å². The number of aliphatic hydroxyl groups is 1. The minimum atomic E-state index is -0.664. The largest absolute Gasteiger partial charge is 0.390 e. The SMILES string of the molecule is CC[C@H](c1cccc(C(=O)N[C@@H]2c3ccccc3C[C@H]2O)c1)N1C(=N)NC(CC)(CC)CC1=O. The average molecular weight is 463 g/mol. The van der Waals surface area contributed by atoms with Crippen LogP contribution in [0.2, 0.25) is 0 Å². The maximum atomic E-state index is 13.2. The number of fused-ring (bicyclic) bond motifs is 1. The van der Waals surface area contributed by atoms with Crippen molar-refractivity contribution in [1.29, 1.82) is 5.41 Å². The Bertz CT molecular complexity index is 1070. The van der Waals surface area contributed by atoms with Crippen molar-refractivity contribution in [3.05, 3.63) is 70.8 Å². The van der Waals surface area contributed by atoms with Gasteiger partial charge in [-0.25, -0.2) is 0 Å². The van der Waals surface area contributed by atoms with Gasteiger partial charge in [0.15, 0.2) is 5.96 Å². The number of hydrogen-bond donors (Lipinski definition) is 4. The van der Waals surface area contributed by atoms with Gasteiger partial charge >= 0.3 is 0 Å². The number of amides is 2. The van der Waals surface area contributed by atoms with Crippen molar-refractivity contribution < 1.29 is 14.7 Å². The number of carbonyl (C=O) groups excluding carboxylic acids is 2. The fourth-order valence-electron chi connectivity index (χ4n) is 5.29. The molecule has 7 heteroatoms. The minimum absolute atomic E-state index is 0.0696. The predicted octanol–water partition coefficient (Wildman–Crippen LogP) is 3.84. The Kier molecular flexibility index (Phi) is 6.75. The van der Waals surface area contributed by atoms with Gasteiger partial charge in [0.25, 0.3) is 5.91 Å². The molecule has 180 valence electrons. The van der Waals surface area contributed by atoms with E-state index >= 15 is 0 Å². The van der Waals surface area contributed by atoms with Gasteiger partial charge in [0.2, 0.25) is 5.91 Å². The molecular formula is C27H34N4O3. The van der Waals surface area contributed by atoms with Gasteiger partial charge in [-0.1, -0.05) is 57.2 Å². The predicted molar refractivity (Wildman–Crippen MR) is 131 cm³/mol. The van der Waals surface area contributed by atoms with E-state index in [0.29, 0.717) is 24.8 Å². The van der Waals surface area contributed by atoms with Crippen LogP contribution in [0.15, 0.2) is 48.5 Å². The van der Waals surface area contributed by atoms with E-state index in [2.05, 4.69) is 10.6 Å². The second-order valence-electron chi connectivity index (χ2n) is 9.37. The average Bonchev–Trinajstić information content (AvgIpc) is 3.16. The monoisotopic (exact) mass is 462 g/mol. The number of hydrogen-bond acceptors (Lipinski definition) is 4. The van der Waals surface area contributed by atoms with Crippen molar-refractivity contribution in [2.45, 2.75) is 76.6 Å². The topological polar surface area (TPSA) is 106 Å². The van der Waals surface area contributed by atoms with Gasteiger partial charge in [0, 0.05) is 17.5 Å². The molecule has 0 aromatic heterocycles. The lowest BCUT2D eigenvalue weighted by molar-refractivity contribution is -0.132. The molecule has 0 bridgehead atoms. The van der Waals surface area contributed by atoms with Crippen molar-refractivity contribution in [3.63, 3.8) is 0 Å². The molecular weight excluding hydrogens is 428 g/mol. The third-order valence-corrected chi connectivity index (χ3v) is 7.46. The molecule has 0 unspecified atom stereocenters. The molecule has 2 amide bonds. The van der Waals surface area contributed by atoms with Gasteiger partial charge in [0.1, 0.15) is 0 Å². The summed E-state index contributed by atoms with van der Waals surface area (Å²) in [7, 11) is 0. The molecule has 0 spiro atoms. The highest BCUT2D eigenvalue weighted by molar-refractivity contribution is 6.00. The molecule has 4 N–H and O–H groups in total. The third kappa shape index (κ3) is 4.32. The maximum absolute atomic E-state index is 13.2. The molecule has 1 aliphatic heterocycles. The number of carbonyl (C=O) groups is 2. The molecule has 2 aliphatic rings. The summed E-state index contributed by atoms with van der Waals surface area (Å²) in [5, 5.41) is 25.4. The summed E-state index contributed by atoms with van der Waals surface area (Å²) in [4.78, 5) is 27.8. The summed E-state index contributed by atoms with van der Waals surface area (Å²) < 4.78 is 0. The summed E-state index contributed by atoms with van der Waals surface area (Å²) in [6.07, 6.45) is 2.35. The van der Waals surface area contributed by atoms with Crippen LogP contribution >= 0.6 is 0 Å². The van der Waals surface area contributed by atoms with Gasteiger partial charge < -0.3 is 15.7 Å². The van der Waals surface area contributed by atoms with Crippen molar-refractivity contribution in [1.82, 2.24) is 15.5 Å². The zero-order valence-corrected chi connectivity index (χ0v) is 20.1. The van der Waals surface area contributed by atoms with Crippen molar-refractivity contribution in [2.75, 3.05) is 0 Å². The second kappa shape index (κ2) is 9.58. The number of rotatable bonds is 7. The molecule has 4 rings (SSSR count). The fraction of sp³-hybridized carbons (Fsp3) is 0.444. The maximum Gasteiger partial charge on any atom is 0.251 e. The number of aliphatic hydroxyl groups excluding tert-OH is 1.